The first-order chi connectivity index (χ1) is 9.65. The molecule has 0 saturated heterocycles. The lowest BCUT2D eigenvalue weighted by Crippen LogP contribution is -2.10. The van der Waals surface area contributed by atoms with Gasteiger partial charge in [0, 0.05) is 0 Å². The average Bonchev–Trinajstić information content (AvgIpc) is 2.47. The summed E-state index contributed by atoms with van der Waals surface area (Å²) in [5, 5.41) is 0. The third-order valence-corrected chi connectivity index (χ3v) is 3.96. The molecule has 20 heavy (non-hydrogen) atoms. The summed E-state index contributed by atoms with van der Waals surface area (Å²) in [6.45, 7) is 4.28. The van der Waals surface area contributed by atoms with Crippen LogP contribution >= 0.6 is 0 Å². The molecule has 0 fully saturated rings. The number of hydrogen-bond acceptors (Lipinski definition) is 0. The highest BCUT2D eigenvalue weighted by Gasteiger charge is 2.21. The number of benzene rings is 2. The maximum atomic E-state index is 13.1. The van der Waals surface area contributed by atoms with Crippen LogP contribution in [0.15, 0.2) is 48.5 Å². The van der Waals surface area contributed by atoms with Gasteiger partial charge in [-0.15, -0.1) is 0 Å². The van der Waals surface area contributed by atoms with Crippen molar-refractivity contribution in [3.8, 4) is 0 Å². The van der Waals surface area contributed by atoms with Gasteiger partial charge in [0.1, 0.15) is 11.6 Å². The molecule has 0 aliphatic rings. The third-order valence-electron chi connectivity index (χ3n) is 3.96. The van der Waals surface area contributed by atoms with Crippen molar-refractivity contribution in [2.75, 3.05) is 0 Å². The zero-order valence-corrected chi connectivity index (χ0v) is 11.9. The van der Waals surface area contributed by atoms with E-state index in [1.54, 1.807) is 0 Å². The van der Waals surface area contributed by atoms with E-state index in [-0.39, 0.29) is 11.6 Å². The van der Waals surface area contributed by atoms with Gasteiger partial charge in [0.2, 0.25) is 0 Å². The molecule has 2 atom stereocenters. The zero-order chi connectivity index (χ0) is 14.5. The first-order valence-corrected chi connectivity index (χ1v) is 7.16. The van der Waals surface area contributed by atoms with Gasteiger partial charge in [0.15, 0.2) is 0 Å². The number of halogens is 2. The monoisotopic (exact) mass is 274 g/mol. The van der Waals surface area contributed by atoms with Gasteiger partial charge in [-0.1, -0.05) is 38.1 Å². The first kappa shape index (κ1) is 14.7. The minimum absolute atomic E-state index is 0.210. The van der Waals surface area contributed by atoms with Crippen molar-refractivity contribution in [1.29, 1.82) is 0 Å². The zero-order valence-electron chi connectivity index (χ0n) is 11.9. The van der Waals surface area contributed by atoms with Crippen molar-refractivity contribution >= 4 is 0 Å². The van der Waals surface area contributed by atoms with E-state index in [1.165, 1.54) is 24.3 Å². The quantitative estimate of drug-likeness (QED) is 0.660. The van der Waals surface area contributed by atoms with Gasteiger partial charge in [-0.3, -0.25) is 0 Å². The molecule has 0 aliphatic carbocycles. The molecular weight excluding hydrogens is 254 g/mol. The van der Waals surface area contributed by atoms with E-state index in [4.69, 9.17) is 0 Å². The summed E-state index contributed by atoms with van der Waals surface area (Å²) >= 11 is 0. The highest BCUT2D eigenvalue weighted by atomic mass is 19.1. The van der Waals surface area contributed by atoms with Gasteiger partial charge in [-0.25, -0.2) is 8.78 Å². The maximum absolute atomic E-state index is 13.1. The van der Waals surface area contributed by atoms with Crippen molar-refractivity contribution in [2.24, 2.45) is 0 Å². The number of hydrogen-bond donors (Lipinski definition) is 0. The Morgan fingerprint density at radius 3 is 1.20 bits per heavy atom. The van der Waals surface area contributed by atoms with Gasteiger partial charge in [0.05, 0.1) is 0 Å². The summed E-state index contributed by atoms with van der Waals surface area (Å²) in [5.41, 5.74) is 2.29. The Balaban J connectivity index is 2.32. The average molecular weight is 274 g/mol. The lowest BCUT2D eigenvalue weighted by Gasteiger charge is -2.26. The van der Waals surface area contributed by atoms with E-state index in [0.29, 0.717) is 11.8 Å². The molecular formula is C18H20F2. The minimum Gasteiger partial charge on any atom is -0.207 e. The second kappa shape index (κ2) is 6.65. The van der Waals surface area contributed by atoms with E-state index < -0.39 is 0 Å². The van der Waals surface area contributed by atoms with Crippen molar-refractivity contribution < 1.29 is 8.78 Å². The minimum atomic E-state index is -0.210. The fraction of sp³-hybridized carbons (Fsp3) is 0.333. The topological polar surface area (TPSA) is 0 Å². The molecule has 2 heteroatoms. The summed E-state index contributed by atoms with van der Waals surface area (Å²) in [7, 11) is 0. The van der Waals surface area contributed by atoms with Crippen molar-refractivity contribution in [3.63, 3.8) is 0 Å². The Bertz CT molecular complexity index is 477. The second-order valence-corrected chi connectivity index (χ2v) is 5.13. The Labute approximate surface area is 119 Å². The summed E-state index contributed by atoms with van der Waals surface area (Å²) in [4.78, 5) is 0. The summed E-state index contributed by atoms with van der Waals surface area (Å²) in [6.07, 6.45) is 1.95. The standard InChI is InChI=1S/C18H20F2/c1-3-17(13-5-9-15(19)10-6-13)18(4-2)14-7-11-16(20)12-8-14/h5-12,17-18H,3-4H2,1-2H3. The van der Waals surface area contributed by atoms with Gasteiger partial charge in [0.25, 0.3) is 0 Å². The smallest absolute Gasteiger partial charge is 0.123 e. The van der Waals surface area contributed by atoms with Crippen LogP contribution in [-0.2, 0) is 0 Å². The molecule has 0 aliphatic heterocycles. The molecule has 0 radical (unpaired) electrons. The largest absolute Gasteiger partial charge is 0.207 e. The lowest BCUT2D eigenvalue weighted by molar-refractivity contribution is 0.507. The molecule has 2 aromatic rings. The predicted molar refractivity (Wildman–Crippen MR) is 78.9 cm³/mol. The molecule has 0 heterocycles. The van der Waals surface area contributed by atoms with E-state index in [0.717, 1.165) is 24.0 Å². The van der Waals surface area contributed by atoms with Crippen LogP contribution in [0.3, 0.4) is 0 Å². The Morgan fingerprint density at radius 1 is 0.650 bits per heavy atom. The maximum Gasteiger partial charge on any atom is 0.123 e. The van der Waals surface area contributed by atoms with Crippen LogP contribution in [0.1, 0.15) is 49.7 Å². The SMILES string of the molecule is CCC(c1ccc(F)cc1)C(CC)c1ccc(F)cc1. The third kappa shape index (κ3) is 3.24. The Hall–Kier alpha value is -1.70. The van der Waals surface area contributed by atoms with Crippen LogP contribution in [0.2, 0.25) is 0 Å². The van der Waals surface area contributed by atoms with Crippen LogP contribution in [-0.4, -0.2) is 0 Å². The first-order valence-electron chi connectivity index (χ1n) is 7.16. The molecule has 2 rings (SSSR count). The van der Waals surface area contributed by atoms with Gasteiger partial charge in [-0.05, 0) is 60.1 Å². The van der Waals surface area contributed by atoms with Crippen LogP contribution in [0.5, 0.6) is 0 Å². The van der Waals surface area contributed by atoms with Crippen LogP contribution in [0.4, 0.5) is 8.78 Å². The van der Waals surface area contributed by atoms with Crippen LogP contribution in [0.25, 0.3) is 0 Å². The highest BCUT2D eigenvalue weighted by molar-refractivity contribution is 5.29. The summed E-state index contributed by atoms with van der Waals surface area (Å²) < 4.78 is 26.1. The summed E-state index contributed by atoms with van der Waals surface area (Å²) in [6, 6.07) is 13.5. The molecule has 2 aromatic carbocycles. The molecule has 2 unspecified atom stereocenters. The van der Waals surface area contributed by atoms with Crippen molar-refractivity contribution in [2.45, 2.75) is 38.5 Å². The van der Waals surface area contributed by atoms with Gasteiger partial charge >= 0.3 is 0 Å². The Morgan fingerprint density at radius 2 is 0.950 bits per heavy atom. The molecule has 0 nitrogen and oxygen atoms in total. The number of rotatable bonds is 5. The van der Waals surface area contributed by atoms with E-state index in [2.05, 4.69) is 13.8 Å². The highest BCUT2D eigenvalue weighted by Crippen LogP contribution is 2.37. The molecule has 0 amide bonds. The van der Waals surface area contributed by atoms with Crippen LogP contribution < -0.4 is 0 Å². The fourth-order valence-corrected chi connectivity index (χ4v) is 2.93. The van der Waals surface area contributed by atoms with Gasteiger partial charge in [-0.2, -0.15) is 0 Å². The Kier molecular flexibility index (Phi) is 4.89. The van der Waals surface area contributed by atoms with E-state index >= 15 is 0 Å². The van der Waals surface area contributed by atoms with Crippen molar-refractivity contribution in [3.05, 3.63) is 71.3 Å². The molecule has 0 saturated carbocycles. The van der Waals surface area contributed by atoms with E-state index in [1.807, 2.05) is 24.3 Å². The molecule has 0 N–H and O–H groups in total. The molecule has 0 spiro atoms. The molecule has 0 bridgehead atoms. The van der Waals surface area contributed by atoms with Crippen LogP contribution in [0, 0.1) is 11.6 Å². The predicted octanol–water partition coefficient (Wildman–Crippen LogP) is 5.65. The lowest BCUT2D eigenvalue weighted by atomic mass is 9.78. The molecule has 106 valence electrons. The van der Waals surface area contributed by atoms with Gasteiger partial charge < -0.3 is 0 Å². The second-order valence-electron chi connectivity index (χ2n) is 5.13. The van der Waals surface area contributed by atoms with E-state index in [9.17, 15) is 8.78 Å². The van der Waals surface area contributed by atoms with Crippen molar-refractivity contribution in [1.82, 2.24) is 0 Å². The fourth-order valence-electron chi connectivity index (χ4n) is 2.93. The summed E-state index contributed by atoms with van der Waals surface area (Å²) in [5.74, 6) is 0.231. The molecule has 0 aromatic heterocycles. The normalized spacial score (nSPS) is 14.0.